The highest BCUT2D eigenvalue weighted by Gasteiger charge is 2.41. The first-order valence-electron chi connectivity index (χ1n) is 6.71. The maximum atomic E-state index is 11.0. The number of hydrogen-bond acceptors (Lipinski definition) is 6. The van der Waals surface area contributed by atoms with E-state index < -0.39 is 9.85 Å². The first kappa shape index (κ1) is 15.3. The highest BCUT2D eigenvalue weighted by Crippen LogP contribution is 2.47. The molecule has 0 atom stereocenters. The first-order chi connectivity index (χ1) is 9.97. The Kier molecular flexibility index (Phi) is 4.49. The van der Waals surface area contributed by atoms with Crippen LogP contribution in [0.25, 0.3) is 0 Å². The van der Waals surface area contributed by atoms with Crippen LogP contribution in [0.1, 0.15) is 24.8 Å². The van der Waals surface area contributed by atoms with E-state index in [0.29, 0.717) is 12.1 Å². The van der Waals surface area contributed by atoms with Crippen molar-refractivity contribution in [2.45, 2.75) is 25.8 Å². The zero-order valence-electron chi connectivity index (χ0n) is 11.4. The predicted molar refractivity (Wildman–Crippen MR) is 74.8 cm³/mol. The van der Waals surface area contributed by atoms with Crippen molar-refractivity contribution in [1.82, 2.24) is 5.32 Å². The normalized spacial score (nSPS) is 15.7. The molecule has 2 N–H and O–H groups in total. The van der Waals surface area contributed by atoms with E-state index >= 15 is 0 Å². The van der Waals surface area contributed by atoms with Crippen LogP contribution in [0.4, 0.5) is 11.4 Å². The van der Waals surface area contributed by atoms with Gasteiger partial charge in [0.25, 0.3) is 11.4 Å². The van der Waals surface area contributed by atoms with Gasteiger partial charge in [0.05, 0.1) is 15.9 Å². The minimum atomic E-state index is -0.648. The number of nitro benzene ring substituents is 2. The molecule has 0 aromatic heterocycles. The molecule has 21 heavy (non-hydrogen) atoms. The summed E-state index contributed by atoms with van der Waals surface area (Å²) >= 11 is 0. The van der Waals surface area contributed by atoms with Crippen LogP contribution in [-0.4, -0.2) is 28.1 Å². The minimum Gasteiger partial charge on any atom is -0.396 e. The molecular formula is C13H17N3O5. The van der Waals surface area contributed by atoms with Gasteiger partial charge in [-0.1, -0.05) is 0 Å². The smallest absolute Gasteiger partial charge is 0.280 e. The lowest BCUT2D eigenvalue weighted by Gasteiger charge is -2.14. The molecular weight excluding hydrogens is 278 g/mol. The topological polar surface area (TPSA) is 119 Å². The standard InChI is InChI=1S/C13H17N3O5/c17-6-5-13(3-4-13)9-14-8-10-1-2-11(15(18)19)7-12(10)16(20)21/h1-2,7,14,17H,3-6,8-9H2. The quantitative estimate of drug-likeness (QED) is 0.557. The second kappa shape index (κ2) is 6.15. The summed E-state index contributed by atoms with van der Waals surface area (Å²) in [6, 6.07) is 3.66. The van der Waals surface area contributed by atoms with Crippen LogP contribution < -0.4 is 5.32 Å². The lowest BCUT2D eigenvalue weighted by atomic mass is 10.0. The van der Waals surface area contributed by atoms with Crippen LogP contribution in [0.15, 0.2) is 18.2 Å². The molecule has 0 spiro atoms. The third-order valence-corrected chi connectivity index (χ3v) is 3.89. The maximum absolute atomic E-state index is 11.0. The maximum Gasteiger partial charge on any atom is 0.280 e. The Bertz CT molecular complexity index is 557. The fraction of sp³-hybridized carbons (Fsp3) is 0.538. The molecule has 1 aromatic carbocycles. The number of nitrogens with one attached hydrogen (secondary N) is 1. The van der Waals surface area contributed by atoms with Gasteiger partial charge in [0.15, 0.2) is 0 Å². The summed E-state index contributed by atoms with van der Waals surface area (Å²) < 4.78 is 0. The van der Waals surface area contributed by atoms with E-state index in [1.807, 2.05) is 0 Å². The molecule has 1 aromatic rings. The number of rotatable bonds is 8. The molecule has 8 nitrogen and oxygen atoms in total. The average molecular weight is 295 g/mol. The van der Waals surface area contributed by atoms with Crippen molar-refractivity contribution < 1.29 is 15.0 Å². The van der Waals surface area contributed by atoms with Gasteiger partial charge < -0.3 is 10.4 Å². The third kappa shape index (κ3) is 3.73. The second-order valence-electron chi connectivity index (χ2n) is 5.40. The highest BCUT2D eigenvalue weighted by atomic mass is 16.6. The van der Waals surface area contributed by atoms with Crippen LogP contribution in [0.2, 0.25) is 0 Å². The van der Waals surface area contributed by atoms with Crippen molar-refractivity contribution in [3.05, 3.63) is 44.0 Å². The van der Waals surface area contributed by atoms with E-state index in [4.69, 9.17) is 5.11 Å². The van der Waals surface area contributed by atoms with Gasteiger partial charge >= 0.3 is 0 Å². The molecule has 0 heterocycles. The Morgan fingerprint density at radius 3 is 2.48 bits per heavy atom. The van der Waals surface area contributed by atoms with E-state index in [1.54, 1.807) is 0 Å². The monoisotopic (exact) mass is 295 g/mol. The predicted octanol–water partition coefficient (Wildman–Crippen LogP) is 1.76. The summed E-state index contributed by atoms with van der Waals surface area (Å²) in [5, 5.41) is 33.8. The molecule has 1 saturated carbocycles. The Morgan fingerprint density at radius 1 is 1.24 bits per heavy atom. The molecule has 8 heteroatoms. The molecule has 1 aliphatic carbocycles. The Hall–Kier alpha value is -2.06. The molecule has 0 saturated heterocycles. The average Bonchev–Trinajstić information content (AvgIpc) is 3.19. The molecule has 0 unspecified atom stereocenters. The fourth-order valence-corrected chi connectivity index (χ4v) is 2.38. The molecule has 114 valence electrons. The number of nitro groups is 2. The lowest BCUT2D eigenvalue weighted by Crippen LogP contribution is -2.24. The van der Waals surface area contributed by atoms with Crippen LogP contribution >= 0.6 is 0 Å². The zero-order chi connectivity index (χ0) is 15.5. The van der Waals surface area contributed by atoms with Gasteiger partial charge in [-0.05, 0) is 30.7 Å². The summed E-state index contributed by atoms with van der Waals surface area (Å²) in [4.78, 5) is 20.4. The molecule has 0 amide bonds. The third-order valence-electron chi connectivity index (χ3n) is 3.89. The van der Waals surface area contributed by atoms with E-state index in [0.717, 1.165) is 25.3 Å². The van der Waals surface area contributed by atoms with Gasteiger partial charge in [-0.2, -0.15) is 0 Å². The number of aliphatic hydroxyl groups excluding tert-OH is 1. The number of nitrogens with zero attached hydrogens (tertiary/aromatic N) is 2. The molecule has 1 fully saturated rings. The Balaban J connectivity index is 2.02. The summed E-state index contributed by atoms with van der Waals surface area (Å²) in [5.74, 6) is 0. The number of hydrogen-bond donors (Lipinski definition) is 2. The van der Waals surface area contributed by atoms with Crippen molar-refractivity contribution in [2.24, 2.45) is 5.41 Å². The van der Waals surface area contributed by atoms with Gasteiger partial charge in [-0.3, -0.25) is 20.2 Å². The second-order valence-corrected chi connectivity index (χ2v) is 5.40. The molecule has 0 bridgehead atoms. The summed E-state index contributed by atoms with van der Waals surface area (Å²) in [5.41, 5.74) is 0.00288. The first-order valence-corrected chi connectivity index (χ1v) is 6.71. The van der Waals surface area contributed by atoms with Gasteiger partial charge in [-0.15, -0.1) is 0 Å². The Labute approximate surface area is 121 Å². The largest absolute Gasteiger partial charge is 0.396 e. The van der Waals surface area contributed by atoms with Crippen LogP contribution in [-0.2, 0) is 6.54 Å². The number of non-ortho nitro benzene ring substituents is 1. The summed E-state index contributed by atoms with van der Waals surface area (Å²) in [6.07, 6.45) is 2.81. The van der Waals surface area contributed by atoms with Crippen molar-refractivity contribution in [3.63, 3.8) is 0 Å². The van der Waals surface area contributed by atoms with E-state index in [1.165, 1.54) is 12.1 Å². The minimum absolute atomic E-state index is 0.115. The lowest BCUT2D eigenvalue weighted by molar-refractivity contribution is -0.394. The number of aliphatic hydroxyl groups is 1. The molecule has 0 radical (unpaired) electrons. The summed E-state index contributed by atoms with van der Waals surface area (Å²) in [7, 11) is 0. The van der Waals surface area contributed by atoms with Crippen LogP contribution in [0.3, 0.4) is 0 Å². The van der Waals surface area contributed by atoms with Gasteiger partial charge in [-0.25, -0.2) is 0 Å². The Morgan fingerprint density at radius 2 is 1.95 bits per heavy atom. The van der Waals surface area contributed by atoms with E-state index in [9.17, 15) is 20.2 Å². The van der Waals surface area contributed by atoms with Crippen molar-refractivity contribution in [1.29, 1.82) is 0 Å². The van der Waals surface area contributed by atoms with Crippen LogP contribution in [0, 0.1) is 25.6 Å². The van der Waals surface area contributed by atoms with E-state index in [2.05, 4.69) is 5.32 Å². The zero-order valence-corrected chi connectivity index (χ0v) is 11.4. The van der Waals surface area contributed by atoms with Gasteiger partial charge in [0.1, 0.15) is 0 Å². The summed E-state index contributed by atoms with van der Waals surface area (Å²) in [6.45, 7) is 1.10. The number of benzene rings is 1. The van der Waals surface area contributed by atoms with Crippen LogP contribution in [0.5, 0.6) is 0 Å². The van der Waals surface area contributed by atoms with Crippen molar-refractivity contribution in [2.75, 3.05) is 13.2 Å². The van der Waals surface area contributed by atoms with E-state index in [-0.39, 0.29) is 29.9 Å². The fourth-order valence-electron chi connectivity index (χ4n) is 2.38. The highest BCUT2D eigenvalue weighted by molar-refractivity contribution is 5.49. The van der Waals surface area contributed by atoms with Crippen molar-refractivity contribution >= 4 is 11.4 Å². The van der Waals surface area contributed by atoms with Gasteiger partial charge in [0.2, 0.25) is 0 Å². The van der Waals surface area contributed by atoms with Crippen molar-refractivity contribution in [3.8, 4) is 0 Å². The van der Waals surface area contributed by atoms with Gasteiger partial charge in [0, 0.05) is 31.3 Å². The SMILES string of the molecule is O=[N+]([O-])c1ccc(CNCC2(CCO)CC2)c([N+](=O)[O-])c1. The molecule has 1 aliphatic rings. The molecule has 2 rings (SSSR count). The molecule has 0 aliphatic heterocycles.